The zero-order valence-electron chi connectivity index (χ0n) is 17.6. The molecule has 0 radical (unpaired) electrons. The molecule has 2 N–H and O–H groups in total. The molecule has 0 atom stereocenters. The van der Waals surface area contributed by atoms with Gasteiger partial charge >= 0.3 is 0 Å². The van der Waals surface area contributed by atoms with Crippen molar-refractivity contribution in [1.82, 2.24) is 10.2 Å². The Morgan fingerprint density at radius 2 is 1.77 bits per heavy atom. The molecular weight excluding hydrogens is 400 g/mol. The topological polar surface area (TPSA) is 81.7 Å². The fourth-order valence-corrected chi connectivity index (χ4v) is 4.64. The van der Waals surface area contributed by atoms with Crippen LogP contribution in [0.4, 0.5) is 11.4 Å². The summed E-state index contributed by atoms with van der Waals surface area (Å²) in [6, 6.07) is 14.7. The number of carbonyl (C=O) groups is 1. The molecule has 0 bridgehead atoms. The minimum atomic E-state index is -3.40. The standard InChI is InChI=1S/C22H30N4O3S/c1-3-15-30(28,29)24-20-9-6-8-18(16-20)22(27)23-17-19-7-4-5-10-21(19)26-13-11-25(2)12-14-26/h4-10,16,24H,3,11-15,17H2,1-2H3,(H,23,27). The number of sulfonamides is 1. The van der Waals surface area contributed by atoms with E-state index in [0.717, 1.165) is 37.4 Å². The number of nitrogens with zero attached hydrogens (tertiary/aromatic N) is 2. The van der Waals surface area contributed by atoms with Gasteiger partial charge in [-0.05, 0) is 43.3 Å². The van der Waals surface area contributed by atoms with E-state index in [1.807, 2.05) is 25.1 Å². The second-order valence-electron chi connectivity index (χ2n) is 7.60. The maximum Gasteiger partial charge on any atom is 0.251 e. The Hall–Kier alpha value is -2.58. The van der Waals surface area contributed by atoms with Crippen LogP contribution >= 0.6 is 0 Å². The number of carbonyl (C=O) groups excluding carboxylic acids is 1. The van der Waals surface area contributed by atoms with Crippen LogP contribution < -0.4 is 14.9 Å². The third kappa shape index (κ3) is 5.96. The molecule has 2 aromatic rings. The third-order valence-corrected chi connectivity index (χ3v) is 6.64. The van der Waals surface area contributed by atoms with Crippen molar-refractivity contribution in [1.29, 1.82) is 0 Å². The largest absolute Gasteiger partial charge is 0.369 e. The second kappa shape index (κ2) is 9.95. The van der Waals surface area contributed by atoms with Gasteiger partial charge in [0.2, 0.25) is 10.0 Å². The lowest BCUT2D eigenvalue weighted by Gasteiger charge is -2.35. The van der Waals surface area contributed by atoms with Gasteiger partial charge in [-0.3, -0.25) is 9.52 Å². The molecular formula is C22H30N4O3S. The predicted octanol–water partition coefficient (Wildman–Crippen LogP) is 2.52. The zero-order valence-corrected chi connectivity index (χ0v) is 18.4. The van der Waals surface area contributed by atoms with Gasteiger partial charge in [-0.2, -0.15) is 0 Å². The first-order chi connectivity index (χ1) is 14.4. The summed E-state index contributed by atoms with van der Waals surface area (Å²) in [5, 5.41) is 2.97. The highest BCUT2D eigenvalue weighted by atomic mass is 32.2. The first kappa shape index (κ1) is 22.1. The predicted molar refractivity (Wildman–Crippen MR) is 121 cm³/mol. The molecule has 162 valence electrons. The van der Waals surface area contributed by atoms with Crippen molar-refractivity contribution in [2.75, 3.05) is 48.6 Å². The van der Waals surface area contributed by atoms with E-state index in [4.69, 9.17) is 0 Å². The normalized spacial score (nSPS) is 15.1. The number of para-hydroxylation sites is 1. The van der Waals surface area contributed by atoms with E-state index in [2.05, 4.69) is 33.0 Å². The van der Waals surface area contributed by atoms with Crippen LogP contribution in [0, 0.1) is 0 Å². The molecule has 1 heterocycles. The summed E-state index contributed by atoms with van der Waals surface area (Å²) in [4.78, 5) is 17.3. The lowest BCUT2D eigenvalue weighted by atomic mass is 10.1. The molecule has 7 nitrogen and oxygen atoms in total. The molecule has 8 heteroatoms. The van der Waals surface area contributed by atoms with Crippen molar-refractivity contribution in [3.63, 3.8) is 0 Å². The summed E-state index contributed by atoms with van der Waals surface area (Å²) < 4.78 is 26.5. The molecule has 0 unspecified atom stereocenters. The summed E-state index contributed by atoms with van der Waals surface area (Å²) in [6.07, 6.45) is 0.530. The van der Waals surface area contributed by atoms with Crippen molar-refractivity contribution in [2.24, 2.45) is 0 Å². The van der Waals surface area contributed by atoms with Gasteiger partial charge in [0, 0.05) is 49.7 Å². The van der Waals surface area contributed by atoms with Crippen LogP contribution in [0.25, 0.3) is 0 Å². The highest BCUT2D eigenvalue weighted by molar-refractivity contribution is 7.92. The number of rotatable bonds is 8. The Bertz CT molecular complexity index is 970. The highest BCUT2D eigenvalue weighted by Crippen LogP contribution is 2.22. The molecule has 1 amide bonds. The van der Waals surface area contributed by atoms with E-state index >= 15 is 0 Å². The van der Waals surface area contributed by atoms with E-state index in [9.17, 15) is 13.2 Å². The van der Waals surface area contributed by atoms with Crippen molar-refractivity contribution in [2.45, 2.75) is 19.9 Å². The SMILES string of the molecule is CCCS(=O)(=O)Nc1cccc(C(=O)NCc2ccccc2N2CCN(C)CC2)c1. The maximum atomic E-state index is 12.7. The minimum absolute atomic E-state index is 0.0481. The van der Waals surface area contributed by atoms with Crippen molar-refractivity contribution < 1.29 is 13.2 Å². The average Bonchev–Trinajstić information content (AvgIpc) is 2.72. The number of amides is 1. The molecule has 0 spiro atoms. The van der Waals surface area contributed by atoms with Crippen LogP contribution in [0.15, 0.2) is 48.5 Å². The van der Waals surface area contributed by atoms with Gasteiger partial charge in [-0.25, -0.2) is 8.42 Å². The smallest absolute Gasteiger partial charge is 0.251 e. The Balaban J connectivity index is 1.66. The first-order valence-electron chi connectivity index (χ1n) is 10.3. The van der Waals surface area contributed by atoms with E-state index in [1.54, 1.807) is 24.3 Å². The van der Waals surface area contributed by atoms with Gasteiger partial charge in [0.15, 0.2) is 0 Å². The fourth-order valence-electron chi connectivity index (χ4n) is 3.52. The van der Waals surface area contributed by atoms with Gasteiger partial charge in [0.05, 0.1) is 5.75 Å². The van der Waals surface area contributed by atoms with Gasteiger partial charge in [-0.15, -0.1) is 0 Å². The monoisotopic (exact) mass is 430 g/mol. The van der Waals surface area contributed by atoms with Gasteiger partial charge in [0.25, 0.3) is 5.91 Å². The molecule has 1 aliphatic heterocycles. The van der Waals surface area contributed by atoms with E-state index in [1.165, 1.54) is 0 Å². The average molecular weight is 431 g/mol. The lowest BCUT2D eigenvalue weighted by molar-refractivity contribution is 0.0951. The van der Waals surface area contributed by atoms with Crippen LogP contribution in [-0.4, -0.2) is 58.2 Å². The zero-order chi connectivity index (χ0) is 21.6. The second-order valence-corrected chi connectivity index (χ2v) is 9.45. The number of nitrogens with one attached hydrogen (secondary N) is 2. The quantitative estimate of drug-likeness (QED) is 0.673. The van der Waals surface area contributed by atoms with Crippen molar-refractivity contribution in [3.05, 3.63) is 59.7 Å². The van der Waals surface area contributed by atoms with Crippen molar-refractivity contribution in [3.8, 4) is 0 Å². The number of hydrogen-bond acceptors (Lipinski definition) is 5. The molecule has 3 rings (SSSR count). The summed E-state index contributed by atoms with van der Waals surface area (Å²) in [5.41, 5.74) is 3.03. The molecule has 1 aliphatic rings. The third-order valence-electron chi connectivity index (χ3n) is 5.15. The highest BCUT2D eigenvalue weighted by Gasteiger charge is 2.17. The number of likely N-dealkylation sites (N-methyl/N-ethyl adjacent to an activating group) is 1. The number of anilines is 2. The number of benzene rings is 2. The minimum Gasteiger partial charge on any atom is -0.369 e. The molecule has 0 saturated carbocycles. The van der Waals surface area contributed by atoms with E-state index in [0.29, 0.717) is 24.2 Å². The lowest BCUT2D eigenvalue weighted by Crippen LogP contribution is -2.45. The van der Waals surface area contributed by atoms with Crippen molar-refractivity contribution >= 4 is 27.3 Å². The fraction of sp³-hybridized carbons (Fsp3) is 0.409. The Labute approximate surface area is 179 Å². The Morgan fingerprint density at radius 1 is 1.03 bits per heavy atom. The van der Waals surface area contributed by atoms with Crippen LogP contribution in [0.1, 0.15) is 29.3 Å². The molecule has 0 aliphatic carbocycles. The summed E-state index contributed by atoms with van der Waals surface area (Å²) in [5.74, 6) is -0.188. The molecule has 2 aromatic carbocycles. The Morgan fingerprint density at radius 3 is 2.50 bits per heavy atom. The summed E-state index contributed by atoms with van der Waals surface area (Å²) >= 11 is 0. The molecule has 30 heavy (non-hydrogen) atoms. The van der Waals surface area contributed by atoms with E-state index in [-0.39, 0.29) is 11.7 Å². The molecule has 1 saturated heterocycles. The Kier molecular flexibility index (Phi) is 7.33. The summed E-state index contributed by atoms with van der Waals surface area (Å²) in [6.45, 7) is 6.17. The maximum absolute atomic E-state index is 12.7. The van der Waals surface area contributed by atoms with Gasteiger partial charge in [-0.1, -0.05) is 31.2 Å². The van der Waals surface area contributed by atoms with Crippen LogP contribution in [0.2, 0.25) is 0 Å². The first-order valence-corrected chi connectivity index (χ1v) is 11.9. The van der Waals surface area contributed by atoms with Crippen LogP contribution in [0.3, 0.4) is 0 Å². The molecule has 1 fully saturated rings. The van der Waals surface area contributed by atoms with E-state index < -0.39 is 10.0 Å². The van der Waals surface area contributed by atoms with Gasteiger partial charge in [0.1, 0.15) is 0 Å². The van der Waals surface area contributed by atoms with Gasteiger partial charge < -0.3 is 15.1 Å². The van der Waals surface area contributed by atoms with Crippen LogP contribution in [-0.2, 0) is 16.6 Å². The number of piperazine rings is 1. The number of hydrogen-bond donors (Lipinski definition) is 2. The molecule has 0 aromatic heterocycles. The summed E-state index contributed by atoms with van der Waals surface area (Å²) in [7, 11) is -1.27. The van der Waals surface area contributed by atoms with Crippen LogP contribution in [0.5, 0.6) is 0 Å².